The van der Waals surface area contributed by atoms with Gasteiger partial charge >= 0.3 is 0 Å². The smallest absolute Gasteiger partial charge is 0.219 e. The summed E-state index contributed by atoms with van der Waals surface area (Å²) in [5.41, 5.74) is 1.08. The number of thioether (sulfide) groups is 1. The van der Waals surface area contributed by atoms with E-state index in [1.54, 1.807) is 24.9 Å². The van der Waals surface area contributed by atoms with Gasteiger partial charge in [0.15, 0.2) is 5.58 Å². The van der Waals surface area contributed by atoms with E-state index in [9.17, 15) is 8.42 Å². The average molecular weight is 300 g/mol. The van der Waals surface area contributed by atoms with Gasteiger partial charge in [0.2, 0.25) is 10.0 Å². The zero-order valence-electron chi connectivity index (χ0n) is 10.9. The number of sulfonamides is 1. The molecule has 0 saturated heterocycles. The van der Waals surface area contributed by atoms with Crippen molar-refractivity contribution in [3.63, 3.8) is 0 Å². The molecule has 0 spiro atoms. The van der Waals surface area contributed by atoms with Crippen LogP contribution in [-0.4, -0.2) is 43.5 Å². The Morgan fingerprint density at radius 2 is 2.11 bits per heavy atom. The minimum Gasteiger partial charge on any atom is -0.356 e. The quantitative estimate of drug-likeness (QED) is 0.816. The minimum atomic E-state index is -3.35. The number of hydrogen-bond donors (Lipinski definition) is 0. The number of aromatic nitrogens is 1. The monoisotopic (exact) mass is 300 g/mol. The van der Waals surface area contributed by atoms with Crippen molar-refractivity contribution < 1.29 is 12.9 Å². The second kappa shape index (κ2) is 5.94. The van der Waals surface area contributed by atoms with Crippen molar-refractivity contribution >= 4 is 32.8 Å². The van der Waals surface area contributed by atoms with E-state index in [1.165, 1.54) is 4.31 Å². The Morgan fingerprint density at radius 1 is 1.37 bits per heavy atom. The maximum atomic E-state index is 12.2. The third kappa shape index (κ3) is 3.29. The van der Waals surface area contributed by atoms with Crippen LogP contribution >= 0.6 is 11.8 Å². The van der Waals surface area contributed by atoms with Crippen LogP contribution < -0.4 is 0 Å². The van der Waals surface area contributed by atoms with Gasteiger partial charge in [-0.15, -0.1) is 0 Å². The Bertz CT molecular complexity index is 652. The predicted molar refractivity (Wildman–Crippen MR) is 77.6 cm³/mol. The van der Waals surface area contributed by atoms with Crippen LogP contribution in [0.5, 0.6) is 0 Å². The number of hydrogen-bond acceptors (Lipinski definition) is 5. The van der Waals surface area contributed by atoms with Gasteiger partial charge in [-0.1, -0.05) is 17.3 Å². The number of benzene rings is 1. The van der Waals surface area contributed by atoms with E-state index in [1.807, 2.05) is 24.5 Å². The van der Waals surface area contributed by atoms with E-state index in [0.29, 0.717) is 17.8 Å². The van der Waals surface area contributed by atoms with E-state index in [4.69, 9.17) is 4.52 Å². The van der Waals surface area contributed by atoms with Crippen LogP contribution in [-0.2, 0) is 15.8 Å². The molecule has 104 valence electrons. The third-order valence-corrected chi connectivity index (χ3v) is 5.22. The molecule has 2 rings (SSSR count). The molecule has 0 atom stereocenters. The van der Waals surface area contributed by atoms with Crippen molar-refractivity contribution in [3.8, 4) is 0 Å². The van der Waals surface area contributed by atoms with E-state index < -0.39 is 10.0 Å². The highest BCUT2D eigenvalue weighted by atomic mass is 32.2. The van der Waals surface area contributed by atoms with Gasteiger partial charge in [0.25, 0.3) is 0 Å². The molecule has 19 heavy (non-hydrogen) atoms. The lowest BCUT2D eigenvalue weighted by Crippen LogP contribution is -2.30. The summed E-state index contributed by atoms with van der Waals surface area (Å²) in [5, 5.41) is 4.61. The normalized spacial score (nSPS) is 12.4. The Hall–Kier alpha value is -1.05. The molecule has 0 saturated carbocycles. The van der Waals surface area contributed by atoms with Crippen molar-refractivity contribution in [1.82, 2.24) is 9.46 Å². The summed E-state index contributed by atoms with van der Waals surface area (Å²) in [6.07, 6.45) is 1.95. The van der Waals surface area contributed by atoms with Crippen LogP contribution in [0.4, 0.5) is 0 Å². The molecule has 5 nitrogen and oxygen atoms in total. The lowest BCUT2D eigenvalue weighted by atomic mass is 10.2. The van der Waals surface area contributed by atoms with Crippen LogP contribution in [0.25, 0.3) is 11.0 Å². The molecule has 1 aromatic heterocycles. The van der Waals surface area contributed by atoms with E-state index in [0.717, 1.165) is 11.1 Å². The zero-order valence-corrected chi connectivity index (χ0v) is 12.5. The van der Waals surface area contributed by atoms with Gasteiger partial charge in [0, 0.05) is 24.7 Å². The molecule has 0 radical (unpaired) electrons. The second-order valence-electron chi connectivity index (χ2n) is 4.20. The first-order valence-corrected chi connectivity index (χ1v) is 8.81. The number of nitrogens with zero attached hydrogens (tertiary/aromatic N) is 2. The molecule has 0 amide bonds. The standard InChI is InChI=1S/C12H16N2O3S2/c1-14(7-8-18-2)19(15,16)9-11-10-5-3-4-6-12(10)17-13-11/h3-6H,7-9H2,1-2H3. The summed E-state index contributed by atoms with van der Waals surface area (Å²) in [7, 11) is -1.76. The van der Waals surface area contributed by atoms with Crippen LogP contribution in [0.2, 0.25) is 0 Å². The average Bonchev–Trinajstić information content (AvgIpc) is 2.79. The summed E-state index contributed by atoms with van der Waals surface area (Å²) in [6.45, 7) is 0.499. The largest absolute Gasteiger partial charge is 0.356 e. The van der Waals surface area contributed by atoms with Gasteiger partial charge in [0.1, 0.15) is 11.4 Å². The molecule has 0 aliphatic carbocycles. The number of para-hydroxylation sites is 1. The highest BCUT2D eigenvalue weighted by molar-refractivity contribution is 7.98. The molecule has 0 bridgehead atoms. The first-order valence-electron chi connectivity index (χ1n) is 5.81. The summed E-state index contributed by atoms with van der Waals surface area (Å²) in [5.74, 6) is 0.643. The molecule has 1 aromatic carbocycles. The van der Waals surface area contributed by atoms with Gasteiger partial charge in [-0.05, 0) is 18.4 Å². The van der Waals surface area contributed by atoms with Gasteiger partial charge in [-0.2, -0.15) is 11.8 Å². The highest BCUT2D eigenvalue weighted by Gasteiger charge is 2.21. The predicted octanol–water partition coefficient (Wildman–Crippen LogP) is 1.95. The lowest BCUT2D eigenvalue weighted by molar-refractivity contribution is 0.445. The van der Waals surface area contributed by atoms with Crippen molar-refractivity contribution in [2.45, 2.75) is 5.75 Å². The number of rotatable bonds is 6. The molecule has 1 heterocycles. The van der Waals surface area contributed by atoms with Crippen LogP contribution in [0.3, 0.4) is 0 Å². The molecule has 7 heteroatoms. The Morgan fingerprint density at radius 3 is 2.84 bits per heavy atom. The molecular weight excluding hydrogens is 284 g/mol. The van der Waals surface area contributed by atoms with E-state index in [2.05, 4.69) is 5.16 Å². The molecular formula is C12H16N2O3S2. The van der Waals surface area contributed by atoms with Crippen molar-refractivity contribution in [3.05, 3.63) is 30.0 Å². The molecule has 0 fully saturated rings. The number of fused-ring (bicyclic) bond motifs is 1. The fraction of sp³-hybridized carbons (Fsp3) is 0.417. The first kappa shape index (κ1) is 14.4. The topological polar surface area (TPSA) is 63.4 Å². The minimum absolute atomic E-state index is 0.130. The summed E-state index contributed by atoms with van der Waals surface area (Å²) < 4.78 is 30.9. The molecule has 0 N–H and O–H groups in total. The maximum absolute atomic E-state index is 12.2. The second-order valence-corrected chi connectivity index (χ2v) is 7.26. The Balaban J connectivity index is 2.20. The Kier molecular flexibility index (Phi) is 4.49. The molecule has 0 aliphatic rings. The van der Waals surface area contributed by atoms with Crippen LogP contribution in [0.1, 0.15) is 5.69 Å². The Labute approximate surface area is 117 Å². The van der Waals surface area contributed by atoms with Crippen LogP contribution in [0, 0.1) is 0 Å². The zero-order chi connectivity index (χ0) is 13.9. The van der Waals surface area contributed by atoms with Crippen molar-refractivity contribution in [1.29, 1.82) is 0 Å². The third-order valence-electron chi connectivity index (χ3n) is 2.86. The highest BCUT2D eigenvalue weighted by Crippen LogP contribution is 2.20. The first-order chi connectivity index (χ1) is 9.04. The summed E-state index contributed by atoms with van der Waals surface area (Å²) in [6, 6.07) is 7.26. The summed E-state index contributed by atoms with van der Waals surface area (Å²) in [4.78, 5) is 0. The maximum Gasteiger partial charge on any atom is 0.219 e. The van der Waals surface area contributed by atoms with Gasteiger partial charge < -0.3 is 4.52 Å². The van der Waals surface area contributed by atoms with E-state index in [-0.39, 0.29) is 5.75 Å². The van der Waals surface area contributed by atoms with Gasteiger partial charge in [-0.25, -0.2) is 12.7 Å². The lowest BCUT2D eigenvalue weighted by Gasteiger charge is -2.15. The van der Waals surface area contributed by atoms with Crippen molar-refractivity contribution in [2.24, 2.45) is 0 Å². The van der Waals surface area contributed by atoms with Gasteiger partial charge in [0.05, 0.1) is 0 Å². The molecule has 2 aromatic rings. The van der Waals surface area contributed by atoms with Crippen LogP contribution in [0.15, 0.2) is 28.8 Å². The van der Waals surface area contributed by atoms with Gasteiger partial charge in [-0.3, -0.25) is 0 Å². The summed E-state index contributed by atoms with van der Waals surface area (Å²) >= 11 is 1.62. The van der Waals surface area contributed by atoms with Crippen molar-refractivity contribution in [2.75, 3.05) is 25.6 Å². The fourth-order valence-corrected chi connectivity index (χ4v) is 3.40. The SMILES string of the molecule is CSCCN(C)S(=O)(=O)Cc1noc2ccccc12. The van der Waals surface area contributed by atoms with E-state index >= 15 is 0 Å². The molecule has 0 aliphatic heterocycles. The fourth-order valence-electron chi connectivity index (χ4n) is 1.68. The molecule has 0 unspecified atom stereocenters.